The number of pyridine rings is 1. The summed E-state index contributed by atoms with van der Waals surface area (Å²) in [5, 5.41) is 12.1. The van der Waals surface area contributed by atoms with E-state index in [4.69, 9.17) is 10.00 Å². The Bertz CT molecular complexity index is 385. The van der Waals surface area contributed by atoms with Crippen LogP contribution in [0.4, 0.5) is 0 Å². The Morgan fingerprint density at radius 3 is 3.00 bits per heavy atom. The van der Waals surface area contributed by atoms with Gasteiger partial charge in [-0.1, -0.05) is 19.9 Å². The molecule has 1 rings (SSSR count). The number of rotatable bonds is 8. The van der Waals surface area contributed by atoms with Crippen LogP contribution in [-0.2, 0) is 11.3 Å². The van der Waals surface area contributed by atoms with Crippen molar-refractivity contribution in [3.63, 3.8) is 0 Å². The standard InChI is InChI=1S/C14H21N3O/c1-12(2)5-8-18-9-7-16-11-13-4-3-6-17-14(13)10-15/h3-4,6,12,16H,5,7-9,11H2,1-2H3. The second-order valence-corrected chi connectivity index (χ2v) is 4.59. The monoisotopic (exact) mass is 247 g/mol. The zero-order chi connectivity index (χ0) is 13.2. The molecule has 4 heteroatoms. The zero-order valence-corrected chi connectivity index (χ0v) is 11.1. The molecule has 0 aliphatic heterocycles. The number of nitriles is 1. The molecule has 0 saturated carbocycles. The highest BCUT2D eigenvalue weighted by molar-refractivity contribution is 5.30. The minimum Gasteiger partial charge on any atom is -0.380 e. The van der Waals surface area contributed by atoms with E-state index in [1.54, 1.807) is 6.20 Å². The fourth-order valence-electron chi connectivity index (χ4n) is 1.47. The first-order valence-corrected chi connectivity index (χ1v) is 6.36. The largest absolute Gasteiger partial charge is 0.380 e. The molecule has 0 bridgehead atoms. The summed E-state index contributed by atoms with van der Waals surface area (Å²) < 4.78 is 5.50. The van der Waals surface area contributed by atoms with Gasteiger partial charge >= 0.3 is 0 Å². The Morgan fingerprint density at radius 1 is 1.44 bits per heavy atom. The number of hydrogen-bond acceptors (Lipinski definition) is 4. The Balaban J connectivity index is 2.13. The molecule has 98 valence electrons. The number of aromatic nitrogens is 1. The predicted octanol–water partition coefficient (Wildman–Crippen LogP) is 2.11. The number of hydrogen-bond donors (Lipinski definition) is 1. The van der Waals surface area contributed by atoms with Gasteiger partial charge in [-0.25, -0.2) is 4.98 Å². The average molecular weight is 247 g/mol. The Hall–Kier alpha value is -1.44. The summed E-state index contributed by atoms with van der Waals surface area (Å²) in [7, 11) is 0. The lowest BCUT2D eigenvalue weighted by atomic mass is 10.1. The first-order chi connectivity index (χ1) is 8.74. The van der Waals surface area contributed by atoms with Gasteiger partial charge in [0.25, 0.3) is 0 Å². The van der Waals surface area contributed by atoms with E-state index in [2.05, 4.69) is 30.2 Å². The zero-order valence-electron chi connectivity index (χ0n) is 11.1. The van der Waals surface area contributed by atoms with Crippen molar-refractivity contribution in [2.75, 3.05) is 19.8 Å². The summed E-state index contributed by atoms with van der Waals surface area (Å²) >= 11 is 0. The molecule has 0 unspecified atom stereocenters. The second-order valence-electron chi connectivity index (χ2n) is 4.59. The third-order valence-electron chi connectivity index (χ3n) is 2.58. The van der Waals surface area contributed by atoms with Gasteiger partial charge in [0.05, 0.1) is 6.61 Å². The fraction of sp³-hybridized carbons (Fsp3) is 0.571. The van der Waals surface area contributed by atoms with Crippen LogP contribution in [0.25, 0.3) is 0 Å². The maximum absolute atomic E-state index is 8.88. The summed E-state index contributed by atoms with van der Waals surface area (Å²) in [5.74, 6) is 0.687. The van der Waals surface area contributed by atoms with Gasteiger partial charge in [0, 0.05) is 31.5 Å². The first-order valence-electron chi connectivity index (χ1n) is 6.36. The van der Waals surface area contributed by atoms with Crippen molar-refractivity contribution in [2.24, 2.45) is 5.92 Å². The van der Waals surface area contributed by atoms with E-state index in [1.165, 1.54) is 0 Å². The second kappa shape index (κ2) is 8.62. The van der Waals surface area contributed by atoms with E-state index in [0.717, 1.165) is 25.1 Å². The molecule has 1 heterocycles. The predicted molar refractivity (Wildman–Crippen MR) is 70.9 cm³/mol. The normalized spacial score (nSPS) is 10.6. The lowest BCUT2D eigenvalue weighted by Gasteiger charge is -2.08. The third-order valence-corrected chi connectivity index (χ3v) is 2.58. The smallest absolute Gasteiger partial charge is 0.144 e. The fourth-order valence-corrected chi connectivity index (χ4v) is 1.47. The molecule has 0 fully saturated rings. The van der Waals surface area contributed by atoms with Crippen LogP contribution in [-0.4, -0.2) is 24.7 Å². The van der Waals surface area contributed by atoms with Crippen molar-refractivity contribution in [1.29, 1.82) is 5.26 Å². The highest BCUT2D eigenvalue weighted by Crippen LogP contribution is 2.02. The Kier molecular flexibility index (Phi) is 7.00. The summed E-state index contributed by atoms with van der Waals surface area (Å²) in [6.07, 6.45) is 2.73. The van der Waals surface area contributed by atoms with E-state index >= 15 is 0 Å². The van der Waals surface area contributed by atoms with E-state index in [0.29, 0.717) is 24.8 Å². The van der Waals surface area contributed by atoms with Crippen molar-refractivity contribution in [3.05, 3.63) is 29.6 Å². The summed E-state index contributed by atoms with van der Waals surface area (Å²) in [6, 6.07) is 5.85. The molecule has 0 amide bonds. The Labute approximate surface area is 109 Å². The van der Waals surface area contributed by atoms with Gasteiger partial charge in [-0.2, -0.15) is 5.26 Å². The summed E-state index contributed by atoms with van der Waals surface area (Å²) in [4.78, 5) is 4.01. The van der Waals surface area contributed by atoms with Gasteiger partial charge in [-0.3, -0.25) is 0 Å². The molecular weight excluding hydrogens is 226 g/mol. The minimum atomic E-state index is 0.491. The molecule has 0 saturated heterocycles. The van der Waals surface area contributed by atoms with E-state index in [9.17, 15) is 0 Å². The molecule has 1 N–H and O–H groups in total. The molecule has 0 radical (unpaired) electrons. The molecule has 0 aliphatic rings. The number of ether oxygens (including phenoxy) is 1. The number of nitrogens with zero attached hydrogens (tertiary/aromatic N) is 2. The quantitative estimate of drug-likeness (QED) is 0.715. The molecule has 18 heavy (non-hydrogen) atoms. The number of nitrogens with one attached hydrogen (secondary N) is 1. The topological polar surface area (TPSA) is 57.9 Å². The molecular formula is C14H21N3O. The van der Waals surface area contributed by atoms with Gasteiger partial charge in [0.2, 0.25) is 0 Å². The van der Waals surface area contributed by atoms with Crippen LogP contribution in [0.3, 0.4) is 0 Å². The van der Waals surface area contributed by atoms with Crippen molar-refractivity contribution in [1.82, 2.24) is 10.3 Å². The maximum Gasteiger partial charge on any atom is 0.144 e. The van der Waals surface area contributed by atoms with Gasteiger partial charge in [-0.15, -0.1) is 0 Å². The average Bonchev–Trinajstić information content (AvgIpc) is 2.37. The van der Waals surface area contributed by atoms with Crippen molar-refractivity contribution in [3.8, 4) is 6.07 Å². The van der Waals surface area contributed by atoms with E-state index in [-0.39, 0.29) is 0 Å². The molecule has 4 nitrogen and oxygen atoms in total. The van der Waals surface area contributed by atoms with Crippen molar-refractivity contribution in [2.45, 2.75) is 26.8 Å². The van der Waals surface area contributed by atoms with Crippen molar-refractivity contribution >= 4 is 0 Å². The molecule has 1 aromatic heterocycles. The van der Waals surface area contributed by atoms with Gasteiger partial charge in [0.1, 0.15) is 11.8 Å². The third kappa shape index (κ3) is 5.76. The molecule has 0 atom stereocenters. The minimum absolute atomic E-state index is 0.491. The molecule has 1 aromatic rings. The summed E-state index contributed by atoms with van der Waals surface area (Å²) in [5.41, 5.74) is 1.42. The van der Waals surface area contributed by atoms with Crippen LogP contribution in [0.15, 0.2) is 18.3 Å². The highest BCUT2D eigenvalue weighted by atomic mass is 16.5. The first kappa shape index (κ1) is 14.6. The Morgan fingerprint density at radius 2 is 2.28 bits per heavy atom. The van der Waals surface area contributed by atoms with Crippen LogP contribution in [0.1, 0.15) is 31.5 Å². The van der Waals surface area contributed by atoms with Gasteiger partial charge in [0.15, 0.2) is 0 Å². The van der Waals surface area contributed by atoms with Crippen LogP contribution in [0.2, 0.25) is 0 Å². The lowest BCUT2D eigenvalue weighted by Crippen LogP contribution is -2.20. The summed E-state index contributed by atoms with van der Waals surface area (Å²) in [6.45, 7) is 7.34. The van der Waals surface area contributed by atoms with E-state index < -0.39 is 0 Å². The van der Waals surface area contributed by atoms with Gasteiger partial charge < -0.3 is 10.1 Å². The molecule has 0 spiro atoms. The van der Waals surface area contributed by atoms with Crippen molar-refractivity contribution < 1.29 is 4.74 Å². The van der Waals surface area contributed by atoms with E-state index in [1.807, 2.05) is 12.1 Å². The molecule has 0 aromatic carbocycles. The van der Waals surface area contributed by atoms with Crippen LogP contribution >= 0.6 is 0 Å². The van der Waals surface area contributed by atoms with Crippen LogP contribution in [0, 0.1) is 17.2 Å². The maximum atomic E-state index is 8.88. The lowest BCUT2D eigenvalue weighted by molar-refractivity contribution is 0.125. The molecule has 0 aliphatic carbocycles. The van der Waals surface area contributed by atoms with Crippen LogP contribution < -0.4 is 5.32 Å². The van der Waals surface area contributed by atoms with Gasteiger partial charge in [-0.05, 0) is 18.4 Å². The highest BCUT2D eigenvalue weighted by Gasteiger charge is 2.01. The SMILES string of the molecule is CC(C)CCOCCNCc1cccnc1C#N. The van der Waals surface area contributed by atoms with Crippen LogP contribution in [0.5, 0.6) is 0 Å².